The first-order chi connectivity index (χ1) is 5.74. The van der Waals surface area contributed by atoms with Crippen molar-refractivity contribution in [2.45, 2.75) is 33.2 Å². The monoisotopic (exact) mass is 170 g/mol. The molecule has 1 unspecified atom stereocenters. The van der Waals surface area contributed by atoms with Crippen LogP contribution in [0.15, 0.2) is 0 Å². The number of hydrogen-bond donors (Lipinski definition) is 1. The Labute approximate surface area is 76.3 Å². The Bertz CT molecular complexity index is 123. The zero-order valence-corrected chi connectivity index (χ0v) is 8.64. The molecule has 0 bridgehead atoms. The highest BCUT2D eigenvalue weighted by Crippen LogP contribution is 2.23. The summed E-state index contributed by atoms with van der Waals surface area (Å²) < 4.78 is 0. The minimum Gasteiger partial charge on any atom is -0.316 e. The van der Waals surface area contributed by atoms with Gasteiger partial charge in [0.2, 0.25) is 0 Å². The van der Waals surface area contributed by atoms with Crippen LogP contribution in [0.25, 0.3) is 0 Å². The van der Waals surface area contributed by atoms with Crippen LogP contribution in [0.5, 0.6) is 0 Å². The van der Waals surface area contributed by atoms with Gasteiger partial charge in [0, 0.05) is 25.7 Å². The van der Waals surface area contributed by atoms with Gasteiger partial charge in [0.1, 0.15) is 0 Å². The molecule has 1 rings (SSSR count). The van der Waals surface area contributed by atoms with Crippen LogP contribution in [0.4, 0.5) is 0 Å². The molecule has 72 valence electrons. The van der Waals surface area contributed by atoms with Crippen molar-refractivity contribution in [2.24, 2.45) is 5.92 Å². The molecular weight excluding hydrogens is 148 g/mol. The predicted molar refractivity (Wildman–Crippen MR) is 53.4 cm³/mol. The lowest BCUT2D eigenvalue weighted by molar-refractivity contribution is 0.445. The minimum absolute atomic E-state index is 0.860. The van der Waals surface area contributed by atoms with Gasteiger partial charge in [-0.2, -0.15) is 0 Å². The largest absolute Gasteiger partial charge is 0.316 e. The van der Waals surface area contributed by atoms with Crippen molar-refractivity contribution in [1.82, 2.24) is 10.2 Å². The average molecular weight is 170 g/mol. The van der Waals surface area contributed by atoms with Crippen molar-refractivity contribution in [1.29, 1.82) is 0 Å². The predicted octanol–water partition coefficient (Wildman–Crippen LogP) is 1.33. The van der Waals surface area contributed by atoms with Crippen molar-refractivity contribution in [3.05, 3.63) is 0 Å². The maximum atomic E-state index is 3.35. The molecule has 0 amide bonds. The lowest BCUT2D eigenvalue weighted by atomic mass is 10.1. The molecule has 0 aromatic rings. The normalized spacial score (nSPS) is 28.0. The second-order valence-corrected chi connectivity index (χ2v) is 4.13. The first kappa shape index (κ1) is 10.0. The molecule has 1 N–H and O–H groups in total. The number of nitrogens with zero attached hydrogens (tertiary/aromatic N) is 1. The summed E-state index contributed by atoms with van der Waals surface area (Å²) in [6.45, 7) is 11.6. The molecule has 2 nitrogen and oxygen atoms in total. The topological polar surface area (TPSA) is 15.0 Å². The van der Waals surface area contributed by atoms with Crippen LogP contribution >= 0.6 is 0 Å². The first-order valence-corrected chi connectivity index (χ1v) is 5.18. The Morgan fingerprint density at radius 2 is 2.25 bits per heavy atom. The summed E-state index contributed by atoms with van der Waals surface area (Å²) in [6, 6.07) is 0.906. The zero-order valence-electron chi connectivity index (χ0n) is 8.64. The summed E-state index contributed by atoms with van der Waals surface area (Å²) in [5.41, 5.74) is 0. The summed E-state index contributed by atoms with van der Waals surface area (Å²) in [5.74, 6) is 0.860. The van der Waals surface area contributed by atoms with Crippen LogP contribution in [0, 0.1) is 5.92 Å². The van der Waals surface area contributed by atoms with Gasteiger partial charge in [-0.15, -0.1) is 0 Å². The maximum Gasteiger partial charge on any atom is 0.0226 e. The van der Waals surface area contributed by atoms with Crippen LogP contribution in [0.3, 0.4) is 0 Å². The molecule has 1 aliphatic rings. The van der Waals surface area contributed by atoms with Gasteiger partial charge in [-0.3, -0.25) is 4.90 Å². The van der Waals surface area contributed by atoms with Gasteiger partial charge in [0.25, 0.3) is 0 Å². The van der Waals surface area contributed by atoms with Crippen molar-refractivity contribution < 1.29 is 0 Å². The highest BCUT2D eigenvalue weighted by molar-refractivity contribution is 4.89. The van der Waals surface area contributed by atoms with Crippen molar-refractivity contribution in [3.8, 4) is 0 Å². The fourth-order valence-electron chi connectivity index (χ4n) is 1.66. The van der Waals surface area contributed by atoms with Crippen molar-refractivity contribution in [3.63, 3.8) is 0 Å². The van der Waals surface area contributed by atoms with Crippen molar-refractivity contribution >= 4 is 0 Å². The fraction of sp³-hybridized carbons (Fsp3) is 1.00. The Morgan fingerprint density at radius 1 is 1.50 bits per heavy atom. The molecule has 1 heterocycles. The third-order valence-corrected chi connectivity index (χ3v) is 2.40. The molecule has 0 radical (unpaired) electrons. The summed E-state index contributed by atoms with van der Waals surface area (Å²) in [4.78, 5) is 2.56. The molecule has 2 heteroatoms. The fourth-order valence-corrected chi connectivity index (χ4v) is 1.66. The van der Waals surface area contributed by atoms with E-state index < -0.39 is 0 Å². The van der Waals surface area contributed by atoms with Crippen LogP contribution in [0.2, 0.25) is 0 Å². The van der Waals surface area contributed by atoms with E-state index in [1.54, 1.807) is 0 Å². The van der Waals surface area contributed by atoms with Gasteiger partial charge in [-0.05, 0) is 18.9 Å². The molecule has 1 saturated heterocycles. The van der Waals surface area contributed by atoms with E-state index in [0.29, 0.717) is 0 Å². The molecule has 0 aromatic carbocycles. The molecule has 0 aromatic heterocycles. The van der Waals surface area contributed by atoms with Crippen LogP contribution in [-0.2, 0) is 0 Å². The number of likely N-dealkylation sites (N-methyl/N-ethyl adjacent to an activating group) is 1. The average Bonchev–Trinajstić information content (AvgIpc) is 2.67. The highest BCUT2D eigenvalue weighted by atomic mass is 15.3. The van der Waals surface area contributed by atoms with Crippen LogP contribution in [0.1, 0.15) is 27.2 Å². The molecule has 2 atom stereocenters. The van der Waals surface area contributed by atoms with Crippen LogP contribution in [-0.4, -0.2) is 37.1 Å². The smallest absolute Gasteiger partial charge is 0.0226 e. The third kappa shape index (κ3) is 3.55. The number of rotatable bonds is 6. The second kappa shape index (κ2) is 4.83. The number of nitrogens with one attached hydrogen (secondary N) is 1. The third-order valence-electron chi connectivity index (χ3n) is 2.40. The molecule has 1 aliphatic heterocycles. The first-order valence-electron chi connectivity index (χ1n) is 5.18. The van der Waals surface area contributed by atoms with E-state index in [4.69, 9.17) is 0 Å². The summed E-state index contributed by atoms with van der Waals surface area (Å²) in [5, 5.41) is 3.35. The Hall–Kier alpha value is -0.0800. The van der Waals surface area contributed by atoms with E-state index in [0.717, 1.165) is 25.0 Å². The standard InChI is InChI=1S/C10H22N2/c1-4-11-5-6-12-8-10(12)7-9(2)3/h9-11H,4-8H2,1-3H3/t10-,12?/m0/s1. The van der Waals surface area contributed by atoms with E-state index in [-0.39, 0.29) is 0 Å². The van der Waals surface area contributed by atoms with E-state index in [1.807, 2.05) is 0 Å². The maximum absolute atomic E-state index is 3.35. The Kier molecular flexibility index (Phi) is 4.02. The van der Waals surface area contributed by atoms with Gasteiger partial charge >= 0.3 is 0 Å². The van der Waals surface area contributed by atoms with E-state index in [2.05, 4.69) is 31.0 Å². The molecule has 0 aliphatic carbocycles. The van der Waals surface area contributed by atoms with E-state index in [1.165, 1.54) is 19.5 Å². The SMILES string of the molecule is CCNCCN1C[C@@H]1CC(C)C. The molecule has 1 fully saturated rings. The second-order valence-electron chi connectivity index (χ2n) is 4.13. The molecule has 0 saturated carbocycles. The van der Waals surface area contributed by atoms with Crippen molar-refractivity contribution in [2.75, 3.05) is 26.2 Å². The van der Waals surface area contributed by atoms with Gasteiger partial charge in [0.15, 0.2) is 0 Å². The summed E-state index contributed by atoms with van der Waals surface area (Å²) in [6.07, 6.45) is 1.38. The number of hydrogen-bond acceptors (Lipinski definition) is 2. The van der Waals surface area contributed by atoms with Crippen LogP contribution < -0.4 is 5.32 Å². The lowest BCUT2D eigenvalue weighted by Crippen LogP contribution is -2.22. The Morgan fingerprint density at radius 3 is 2.83 bits per heavy atom. The van der Waals surface area contributed by atoms with Gasteiger partial charge in [-0.25, -0.2) is 0 Å². The minimum atomic E-state index is 0.860. The van der Waals surface area contributed by atoms with Gasteiger partial charge in [0.05, 0.1) is 0 Å². The lowest BCUT2D eigenvalue weighted by Gasteiger charge is -2.05. The zero-order chi connectivity index (χ0) is 8.97. The van der Waals surface area contributed by atoms with E-state index >= 15 is 0 Å². The quantitative estimate of drug-likeness (QED) is 0.478. The summed E-state index contributed by atoms with van der Waals surface area (Å²) in [7, 11) is 0. The molecular formula is C10H22N2. The summed E-state index contributed by atoms with van der Waals surface area (Å²) >= 11 is 0. The van der Waals surface area contributed by atoms with E-state index in [9.17, 15) is 0 Å². The molecule has 0 spiro atoms. The highest BCUT2D eigenvalue weighted by Gasteiger charge is 2.32. The Balaban J connectivity index is 1.93. The van der Waals surface area contributed by atoms with Gasteiger partial charge in [-0.1, -0.05) is 20.8 Å². The molecule has 12 heavy (non-hydrogen) atoms. The van der Waals surface area contributed by atoms with Gasteiger partial charge < -0.3 is 5.32 Å².